The van der Waals surface area contributed by atoms with E-state index in [2.05, 4.69) is 38.7 Å². The number of anilines is 1. The first-order chi connectivity index (χ1) is 17.3. The normalized spacial score (nSPS) is 13.4. The zero-order valence-electron chi connectivity index (χ0n) is 20.1. The van der Waals surface area contributed by atoms with Crippen LogP contribution in [0.15, 0.2) is 53.9 Å². The minimum absolute atomic E-state index is 0.0933. The Labute approximate surface area is 224 Å². The van der Waals surface area contributed by atoms with Gasteiger partial charge in [0.25, 0.3) is 0 Å². The van der Waals surface area contributed by atoms with Crippen LogP contribution < -0.4 is 5.32 Å². The molecule has 3 aromatic rings. The number of nitrogens with zero attached hydrogens (tertiary/aromatic N) is 4. The summed E-state index contributed by atoms with van der Waals surface area (Å²) < 4.78 is 6.51. The summed E-state index contributed by atoms with van der Waals surface area (Å²) in [5, 5.41) is 16.1. The summed E-state index contributed by atoms with van der Waals surface area (Å²) in [5.74, 6) is 6.73. The molecule has 1 heterocycles. The minimum Gasteiger partial charge on any atom is -0.505 e. The van der Waals surface area contributed by atoms with Gasteiger partial charge in [0.15, 0.2) is 0 Å². The number of hydrogen-bond donors (Lipinski definition) is 1. The van der Waals surface area contributed by atoms with Gasteiger partial charge in [-0.1, -0.05) is 52.9 Å². The number of allylic oxidation sites excluding steroid dienone is 1. The lowest BCUT2D eigenvalue weighted by Gasteiger charge is -2.11. The number of amides is 1. The van der Waals surface area contributed by atoms with Gasteiger partial charge in [0.05, 0.1) is 40.5 Å². The van der Waals surface area contributed by atoms with E-state index in [4.69, 9.17) is 27.9 Å². The lowest BCUT2D eigenvalue weighted by atomic mass is 9.94. The molecule has 1 fully saturated rings. The fraction of sp³-hybridized carbons (Fsp3) is 0.308. The van der Waals surface area contributed by atoms with Crippen LogP contribution in [0, 0.1) is 17.3 Å². The number of aromatic nitrogens is 4. The maximum Gasteiger partial charge on any atom is 0.234 e. The van der Waals surface area contributed by atoms with E-state index < -0.39 is 0 Å². The summed E-state index contributed by atoms with van der Waals surface area (Å²) in [4.78, 5) is 12.6. The highest BCUT2D eigenvalue weighted by Crippen LogP contribution is 2.41. The third kappa shape index (κ3) is 6.82. The molecule has 0 aliphatic heterocycles. The first kappa shape index (κ1) is 26.1. The van der Waals surface area contributed by atoms with Crippen molar-refractivity contribution < 1.29 is 9.53 Å². The number of ether oxygens (including phenoxy) is 1. The predicted octanol–water partition coefficient (Wildman–Crippen LogP) is 6.12. The van der Waals surface area contributed by atoms with Crippen LogP contribution in [-0.2, 0) is 9.53 Å². The summed E-state index contributed by atoms with van der Waals surface area (Å²) in [6, 6.07) is 11.2. The fourth-order valence-corrected chi connectivity index (χ4v) is 4.49. The quantitative estimate of drug-likeness (QED) is 0.210. The first-order valence-corrected chi connectivity index (χ1v) is 13.0. The molecule has 0 unspecified atom stereocenters. The molecule has 2 aromatic carbocycles. The number of rotatable bonds is 8. The molecule has 0 radical (unpaired) electrons. The maximum atomic E-state index is 12.6. The van der Waals surface area contributed by atoms with Crippen LogP contribution in [0.5, 0.6) is 0 Å². The van der Waals surface area contributed by atoms with Crippen molar-refractivity contribution >= 4 is 46.6 Å². The number of carbonyl (C=O) groups is 1. The minimum atomic E-state index is -0.356. The smallest absolute Gasteiger partial charge is 0.234 e. The van der Waals surface area contributed by atoms with E-state index in [1.54, 1.807) is 30.2 Å². The van der Waals surface area contributed by atoms with Gasteiger partial charge in [-0.2, -0.15) is 4.68 Å². The number of tetrazole rings is 1. The molecular formula is C26H25Cl2N5O2S. The molecule has 186 valence electrons. The zero-order valence-corrected chi connectivity index (χ0v) is 22.4. The molecule has 0 spiro atoms. The highest BCUT2D eigenvalue weighted by atomic mass is 35.5. The topological polar surface area (TPSA) is 81.9 Å². The third-order valence-corrected chi connectivity index (χ3v) is 6.95. The van der Waals surface area contributed by atoms with Crippen LogP contribution in [0.4, 0.5) is 5.69 Å². The Morgan fingerprint density at radius 2 is 2.06 bits per heavy atom. The van der Waals surface area contributed by atoms with Crippen LogP contribution in [-0.4, -0.2) is 39.0 Å². The van der Waals surface area contributed by atoms with Gasteiger partial charge in [0.2, 0.25) is 11.1 Å². The van der Waals surface area contributed by atoms with Gasteiger partial charge < -0.3 is 10.1 Å². The van der Waals surface area contributed by atoms with Gasteiger partial charge in [-0.3, -0.25) is 4.79 Å². The van der Waals surface area contributed by atoms with Crippen molar-refractivity contribution in [1.29, 1.82) is 0 Å². The summed E-state index contributed by atoms with van der Waals surface area (Å²) in [6.07, 6.45) is 5.88. The van der Waals surface area contributed by atoms with E-state index in [-0.39, 0.29) is 17.1 Å². The molecule has 1 aromatic heterocycles. The number of halogens is 2. The van der Waals surface area contributed by atoms with Crippen molar-refractivity contribution in [3.05, 3.63) is 69.9 Å². The van der Waals surface area contributed by atoms with Crippen LogP contribution in [0.2, 0.25) is 10.0 Å². The molecule has 0 atom stereocenters. The van der Waals surface area contributed by atoms with Crippen molar-refractivity contribution in [3.8, 4) is 17.5 Å². The molecule has 1 amide bonds. The average Bonchev–Trinajstić information content (AvgIpc) is 3.60. The van der Waals surface area contributed by atoms with Crippen LogP contribution in [0.3, 0.4) is 0 Å². The van der Waals surface area contributed by atoms with Crippen molar-refractivity contribution in [1.82, 2.24) is 20.2 Å². The molecule has 4 rings (SSSR count). The SMILES string of the molecule is COC=CC(C)(C)C#Cc1ccc(NC(=O)CSc2nnnn2-c2ccc(C3CC3)cc2Cl)c(Cl)c1. The second-order valence-electron chi connectivity index (χ2n) is 8.90. The molecule has 1 aliphatic carbocycles. The highest BCUT2D eigenvalue weighted by molar-refractivity contribution is 7.99. The van der Waals surface area contributed by atoms with E-state index >= 15 is 0 Å². The van der Waals surface area contributed by atoms with Gasteiger partial charge in [-0.05, 0) is 85.0 Å². The predicted molar refractivity (Wildman–Crippen MR) is 144 cm³/mol. The molecule has 7 nitrogen and oxygen atoms in total. The van der Waals surface area contributed by atoms with E-state index in [0.29, 0.717) is 32.5 Å². The van der Waals surface area contributed by atoms with Crippen molar-refractivity contribution in [2.45, 2.75) is 37.8 Å². The monoisotopic (exact) mass is 541 g/mol. The summed E-state index contributed by atoms with van der Waals surface area (Å²) >= 11 is 14.1. The lowest BCUT2D eigenvalue weighted by molar-refractivity contribution is -0.113. The van der Waals surface area contributed by atoms with Crippen molar-refractivity contribution in [3.63, 3.8) is 0 Å². The molecule has 36 heavy (non-hydrogen) atoms. The molecule has 0 bridgehead atoms. The van der Waals surface area contributed by atoms with Crippen LogP contribution in [0.25, 0.3) is 5.69 Å². The second-order valence-corrected chi connectivity index (χ2v) is 10.7. The number of methoxy groups -OCH3 is 1. The zero-order chi connectivity index (χ0) is 25.7. The Kier molecular flexibility index (Phi) is 8.24. The lowest BCUT2D eigenvalue weighted by Crippen LogP contribution is -2.15. The van der Waals surface area contributed by atoms with Crippen LogP contribution in [0.1, 0.15) is 43.7 Å². The number of nitrogens with one attached hydrogen (secondary N) is 1. The Balaban J connectivity index is 1.37. The molecule has 0 saturated heterocycles. The summed E-state index contributed by atoms with van der Waals surface area (Å²) in [7, 11) is 1.59. The van der Waals surface area contributed by atoms with Gasteiger partial charge in [-0.15, -0.1) is 5.10 Å². The fourth-order valence-electron chi connectivity index (χ4n) is 3.31. The van der Waals surface area contributed by atoms with E-state index in [1.807, 2.05) is 38.1 Å². The van der Waals surface area contributed by atoms with E-state index in [1.165, 1.54) is 30.2 Å². The van der Waals surface area contributed by atoms with Crippen molar-refractivity contribution in [2.24, 2.45) is 5.41 Å². The molecule has 10 heteroatoms. The van der Waals surface area contributed by atoms with Gasteiger partial charge in [-0.25, -0.2) is 0 Å². The second kappa shape index (κ2) is 11.4. The first-order valence-electron chi connectivity index (χ1n) is 11.3. The standard InChI is InChI=1S/C26H25Cl2N5O2S/c1-26(2,12-13-35-3)11-10-17-4-8-22(20(27)14-17)29-24(34)16-36-25-30-31-32-33(25)23-9-7-19(15-21(23)28)18-5-6-18/h4,7-9,12-15,18H,5-6,16H2,1-3H3,(H,29,34). The molecular weight excluding hydrogens is 517 g/mol. The van der Waals surface area contributed by atoms with Gasteiger partial charge in [0, 0.05) is 11.0 Å². The van der Waals surface area contributed by atoms with Gasteiger partial charge in [0.1, 0.15) is 0 Å². The Morgan fingerprint density at radius 3 is 2.75 bits per heavy atom. The van der Waals surface area contributed by atoms with E-state index in [9.17, 15) is 4.79 Å². The number of benzene rings is 2. The Bertz CT molecular complexity index is 1360. The number of hydrogen-bond acceptors (Lipinski definition) is 6. The van der Waals surface area contributed by atoms with Gasteiger partial charge >= 0.3 is 0 Å². The molecule has 1 saturated carbocycles. The molecule has 1 N–H and O–H groups in total. The Morgan fingerprint density at radius 1 is 1.25 bits per heavy atom. The number of thioether (sulfide) groups is 1. The van der Waals surface area contributed by atoms with Crippen molar-refractivity contribution in [2.75, 3.05) is 18.2 Å². The molecule has 1 aliphatic rings. The average molecular weight is 542 g/mol. The number of carbonyl (C=O) groups excluding carboxylic acids is 1. The summed E-state index contributed by atoms with van der Waals surface area (Å²) in [5.41, 5.74) is 2.80. The maximum absolute atomic E-state index is 12.6. The highest BCUT2D eigenvalue weighted by Gasteiger charge is 2.24. The summed E-state index contributed by atoms with van der Waals surface area (Å²) in [6.45, 7) is 3.97. The Hall–Kier alpha value is -2.99. The third-order valence-electron chi connectivity index (χ3n) is 5.41. The van der Waals surface area contributed by atoms with E-state index in [0.717, 1.165) is 5.56 Å². The van der Waals surface area contributed by atoms with Crippen LogP contribution >= 0.6 is 35.0 Å². The largest absolute Gasteiger partial charge is 0.505 e.